The number of nitro groups is 1. The highest BCUT2D eigenvalue weighted by Crippen LogP contribution is 2.23. The van der Waals surface area contributed by atoms with Crippen molar-refractivity contribution >= 4 is 17.5 Å². The Morgan fingerprint density at radius 3 is 2.35 bits per heavy atom. The summed E-state index contributed by atoms with van der Waals surface area (Å²) in [6.07, 6.45) is -0.298. The Labute approximate surface area is 136 Å². The summed E-state index contributed by atoms with van der Waals surface area (Å²) >= 11 is 0. The maximum Gasteiger partial charge on any atom is 0.410 e. The van der Waals surface area contributed by atoms with Gasteiger partial charge in [-0.25, -0.2) is 4.79 Å². The van der Waals surface area contributed by atoms with Gasteiger partial charge in [0, 0.05) is 43.5 Å². The molecule has 0 N–H and O–H groups in total. The van der Waals surface area contributed by atoms with Crippen molar-refractivity contribution in [3.63, 3.8) is 0 Å². The molecule has 0 bridgehead atoms. The van der Waals surface area contributed by atoms with Gasteiger partial charge in [0.1, 0.15) is 5.60 Å². The van der Waals surface area contributed by atoms with Gasteiger partial charge in [0.15, 0.2) is 0 Å². The van der Waals surface area contributed by atoms with Crippen LogP contribution < -0.4 is 4.90 Å². The second kappa shape index (κ2) is 6.44. The first-order valence-electron chi connectivity index (χ1n) is 7.66. The predicted molar refractivity (Wildman–Crippen MR) is 87.7 cm³/mol. The SMILES string of the molecule is CC1CN(c2ccc([N+](=O)[O-])cc2)CCN1C(=O)OC(C)(C)C. The molecule has 23 heavy (non-hydrogen) atoms. The average Bonchev–Trinajstić information content (AvgIpc) is 2.45. The molecule has 0 aliphatic carbocycles. The van der Waals surface area contributed by atoms with Crippen LogP contribution in [0.3, 0.4) is 0 Å². The Kier molecular flexibility index (Phi) is 4.77. The number of hydrogen-bond donors (Lipinski definition) is 0. The Morgan fingerprint density at radius 2 is 1.87 bits per heavy atom. The summed E-state index contributed by atoms with van der Waals surface area (Å²) in [5, 5.41) is 10.7. The van der Waals surface area contributed by atoms with Crippen molar-refractivity contribution in [3.05, 3.63) is 34.4 Å². The predicted octanol–water partition coefficient (Wildman–Crippen LogP) is 3.04. The van der Waals surface area contributed by atoms with Gasteiger partial charge >= 0.3 is 6.09 Å². The smallest absolute Gasteiger partial charge is 0.410 e. The molecule has 1 aliphatic rings. The summed E-state index contributed by atoms with van der Waals surface area (Å²) in [5.74, 6) is 0. The number of amides is 1. The number of anilines is 1. The molecule has 126 valence electrons. The summed E-state index contributed by atoms with van der Waals surface area (Å²) in [6.45, 7) is 9.42. The zero-order valence-corrected chi connectivity index (χ0v) is 14.0. The molecule has 0 aromatic heterocycles. The molecular formula is C16H23N3O4. The maximum absolute atomic E-state index is 12.2. The van der Waals surface area contributed by atoms with Gasteiger partial charge in [-0.15, -0.1) is 0 Å². The normalized spacial score (nSPS) is 18.7. The van der Waals surface area contributed by atoms with Crippen molar-refractivity contribution in [1.29, 1.82) is 0 Å². The number of nitrogens with zero attached hydrogens (tertiary/aromatic N) is 3. The number of carbonyl (C=O) groups excluding carboxylic acids is 1. The molecule has 1 amide bonds. The third kappa shape index (κ3) is 4.34. The number of non-ortho nitro benzene ring substituents is 1. The van der Waals surface area contributed by atoms with E-state index in [0.717, 1.165) is 5.69 Å². The number of ether oxygens (including phenoxy) is 1. The molecule has 1 fully saturated rings. The molecule has 1 heterocycles. The highest BCUT2D eigenvalue weighted by molar-refractivity contribution is 5.69. The summed E-state index contributed by atoms with van der Waals surface area (Å²) in [4.78, 5) is 26.3. The van der Waals surface area contributed by atoms with E-state index in [0.29, 0.717) is 19.6 Å². The molecule has 1 unspecified atom stereocenters. The van der Waals surface area contributed by atoms with E-state index in [2.05, 4.69) is 4.90 Å². The topological polar surface area (TPSA) is 75.9 Å². The van der Waals surface area contributed by atoms with E-state index in [-0.39, 0.29) is 17.8 Å². The highest BCUT2D eigenvalue weighted by Gasteiger charge is 2.30. The number of hydrogen-bond acceptors (Lipinski definition) is 5. The first kappa shape index (κ1) is 17.1. The Balaban J connectivity index is 2.00. The van der Waals surface area contributed by atoms with Crippen LogP contribution in [0.4, 0.5) is 16.2 Å². The molecule has 1 atom stereocenters. The van der Waals surface area contributed by atoms with Gasteiger partial charge in [-0.2, -0.15) is 0 Å². The number of benzene rings is 1. The second-order valence-electron chi connectivity index (χ2n) is 6.74. The Bertz CT molecular complexity index is 580. The van der Waals surface area contributed by atoms with Crippen LogP contribution in [0, 0.1) is 10.1 Å². The summed E-state index contributed by atoms with van der Waals surface area (Å²) in [6, 6.07) is 6.50. The maximum atomic E-state index is 12.2. The quantitative estimate of drug-likeness (QED) is 0.618. The molecule has 0 radical (unpaired) electrons. The zero-order chi connectivity index (χ0) is 17.2. The standard InChI is InChI=1S/C16H23N3O4/c1-12-11-17(13-5-7-14(8-6-13)19(21)22)9-10-18(12)15(20)23-16(2,3)4/h5-8,12H,9-11H2,1-4H3. The van der Waals surface area contributed by atoms with E-state index in [9.17, 15) is 14.9 Å². The molecule has 2 rings (SSSR count). The van der Waals surface area contributed by atoms with Crippen LogP contribution in [-0.4, -0.2) is 47.2 Å². The largest absolute Gasteiger partial charge is 0.444 e. The fourth-order valence-electron chi connectivity index (χ4n) is 2.57. The molecule has 0 saturated carbocycles. The molecule has 1 aliphatic heterocycles. The first-order chi connectivity index (χ1) is 10.7. The summed E-state index contributed by atoms with van der Waals surface area (Å²) < 4.78 is 5.42. The third-order valence-electron chi connectivity index (χ3n) is 3.68. The molecule has 0 spiro atoms. The molecule has 7 nitrogen and oxygen atoms in total. The fraction of sp³-hybridized carbons (Fsp3) is 0.562. The van der Waals surface area contributed by atoms with E-state index >= 15 is 0 Å². The van der Waals surface area contributed by atoms with Crippen molar-refractivity contribution < 1.29 is 14.5 Å². The van der Waals surface area contributed by atoms with Gasteiger partial charge in [-0.3, -0.25) is 10.1 Å². The van der Waals surface area contributed by atoms with Gasteiger partial charge in [-0.1, -0.05) is 0 Å². The Morgan fingerprint density at radius 1 is 1.26 bits per heavy atom. The van der Waals surface area contributed by atoms with Crippen LogP contribution in [0.2, 0.25) is 0 Å². The van der Waals surface area contributed by atoms with Crippen LogP contribution in [0.25, 0.3) is 0 Å². The lowest BCUT2D eigenvalue weighted by Crippen LogP contribution is -2.55. The summed E-state index contributed by atoms with van der Waals surface area (Å²) in [5.41, 5.74) is 0.493. The van der Waals surface area contributed by atoms with E-state index in [1.807, 2.05) is 27.7 Å². The monoisotopic (exact) mass is 321 g/mol. The Hall–Kier alpha value is -2.31. The van der Waals surface area contributed by atoms with Crippen LogP contribution in [0.1, 0.15) is 27.7 Å². The van der Waals surface area contributed by atoms with Crippen molar-refractivity contribution in [2.75, 3.05) is 24.5 Å². The van der Waals surface area contributed by atoms with Crippen molar-refractivity contribution in [3.8, 4) is 0 Å². The van der Waals surface area contributed by atoms with E-state index in [1.54, 1.807) is 17.0 Å². The molecule has 1 aromatic carbocycles. The van der Waals surface area contributed by atoms with Gasteiger partial charge in [0.25, 0.3) is 5.69 Å². The van der Waals surface area contributed by atoms with Crippen LogP contribution in [0.15, 0.2) is 24.3 Å². The summed E-state index contributed by atoms with van der Waals surface area (Å²) in [7, 11) is 0. The van der Waals surface area contributed by atoms with Crippen molar-refractivity contribution in [2.24, 2.45) is 0 Å². The van der Waals surface area contributed by atoms with E-state index in [4.69, 9.17) is 4.74 Å². The molecular weight excluding hydrogens is 298 g/mol. The van der Waals surface area contributed by atoms with Gasteiger partial charge in [0.2, 0.25) is 0 Å². The molecule has 1 saturated heterocycles. The van der Waals surface area contributed by atoms with Gasteiger partial charge in [0.05, 0.1) is 4.92 Å². The molecule has 1 aromatic rings. The van der Waals surface area contributed by atoms with Crippen LogP contribution in [-0.2, 0) is 4.74 Å². The third-order valence-corrected chi connectivity index (χ3v) is 3.68. The molecule has 7 heteroatoms. The lowest BCUT2D eigenvalue weighted by atomic mass is 10.1. The van der Waals surface area contributed by atoms with Crippen molar-refractivity contribution in [1.82, 2.24) is 4.90 Å². The lowest BCUT2D eigenvalue weighted by Gasteiger charge is -2.41. The van der Waals surface area contributed by atoms with Gasteiger partial charge < -0.3 is 14.5 Å². The first-order valence-corrected chi connectivity index (χ1v) is 7.66. The van der Waals surface area contributed by atoms with E-state index in [1.165, 1.54) is 12.1 Å². The van der Waals surface area contributed by atoms with E-state index < -0.39 is 10.5 Å². The highest BCUT2D eigenvalue weighted by atomic mass is 16.6. The number of rotatable bonds is 2. The number of nitro benzene ring substituents is 1. The van der Waals surface area contributed by atoms with Gasteiger partial charge in [-0.05, 0) is 39.8 Å². The zero-order valence-electron chi connectivity index (χ0n) is 14.0. The number of carbonyl (C=O) groups is 1. The fourth-order valence-corrected chi connectivity index (χ4v) is 2.57. The minimum absolute atomic E-state index is 0.00814. The average molecular weight is 321 g/mol. The second-order valence-corrected chi connectivity index (χ2v) is 6.74. The lowest BCUT2D eigenvalue weighted by molar-refractivity contribution is -0.384. The van der Waals surface area contributed by atoms with Crippen LogP contribution >= 0.6 is 0 Å². The van der Waals surface area contributed by atoms with Crippen LogP contribution in [0.5, 0.6) is 0 Å². The van der Waals surface area contributed by atoms with Crippen molar-refractivity contribution in [2.45, 2.75) is 39.3 Å². The number of piperazine rings is 1. The minimum atomic E-state index is -0.508. The minimum Gasteiger partial charge on any atom is -0.444 e.